The maximum absolute atomic E-state index is 12.7. The average molecular weight is 357 g/mol. The third kappa shape index (κ3) is 2.78. The van der Waals surface area contributed by atoms with Crippen LogP contribution in [0.25, 0.3) is 11.3 Å². The second-order valence-electron chi connectivity index (χ2n) is 7.07. The Balaban J connectivity index is 1.80. The Morgan fingerprint density at radius 1 is 1.35 bits per heavy atom. The van der Waals surface area contributed by atoms with Gasteiger partial charge in [-0.25, -0.2) is 4.79 Å². The molecule has 1 aliphatic rings. The molecule has 0 saturated heterocycles. The number of aromatic nitrogens is 2. The second kappa shape index (κ2) is 6.57. The third-order valence-corrected chi connectivity index (χ3v) is 5.35. The van der Waals surface area contributed by atoms with Crippen LogP contribution >= 0.6 is 0 Å². The molecule has 2 aromatic rings. The molecule has 1 saturated carbocycles. The zero-order chi connectivity index (χ0) is 18.9. The molecule has 0 radical (unpaired) electrons. The fourth-order valence-corrected chi connectivity index (χ4v) is 3.49. The first-order valence-corrected chi connectivity index (χ1v) is 8.60. The lowest BCUT2D eigenvalue weighted by molar-refractivity contribution is -0.190. The van der Waals surface area contributed by atoms with Gasteiger partial charge >= 0.3 is 5.97 Å². The van der Waals surface area contributed by atoms with Crippen LogP contribution in [0.4, 0.5) is 0 Å². The first-order chi connectivity index (χ1) is 12.3. The number of aromatic amines is 1. The number of H-pyrrole nitrogens is 1. The van der Waals surface area contributed by atoms with Gasteiger partial charge in [-0.1, -0.05) is 44.2 Å². The van der Waals surface area contributed by atoms with Crippen molar-refractivity contribution in [2.45, 2.75) is 38.8 Å². The van der Waals surface area contributed by atoms with Gasteiger partial charge in [-0.05, 0) is 13.0 Å². The number of benzene rings is 1. The van der Waals surface area contributed by atoms with Crippen LogP contribution in [0.2, 0.25) is 0 Å². The van der Waals surface area contributed by atoms with E-state index < -0.39 is 22.8 Å². The highest BCUT2D eigenvalue weighted by Gasteiger charge is 2.66. The fraction of sp³-hybridized carbons (Fsp3) is 0.421. The van der Waals surface area contributed by atoms with Crippen LogP contribution in [0.5, 0.6) is 0 Å². The van der Waals surface area contributed by atoms with Gasteiger partial charge in [-0.3, -0.25) is 9.89 Å². The molecule has 1 heterocycles. The predicted octanol–water partition coefficient (Wildman–Crippen LogP) is 2.46. The number of aliphatic carboxylic acids is 1. The Hall–Kier alpha value is -2.67. The van der Waals surface area contributed by atoms with E-state index in [1.165, 1.54) is 0 Å². The molecular weight excluding hydrogens is 334 g/mol. The lowest BCUT2D eigenvalue weighted by atomic mass is 9.54. The van der Waals surface area contributed by atoms with Gasteiger partial charge in [0.05, 0.1) is 11.8 Å². The number of amides is 1. The summed E-state index contributed by atoms with van der Waals surface area (Å²) in [6, 6.07) is 11.1. The van der Waals surface area contributed by atoms with Crippen LogP contribution in [0.15, 0.2) is 36.4 Å². The van der Waals surface area contributed by atoms with Crippen molar-refractivity contribution >= 4 is 11.9 Å². The number of rotatable bonds is 6. The summed E-state index contributed by atoms with van der Waals surface area (Å²) in [6.07, 6.45) is 0.0137. The number of carboxylic acid groups (broad SMARTS) is 1. The molecule has 0 aliphatic heterocycles. The number of nitrogens with one attached hydrogen (secondary N) is 2. The van der Waals surface area contributed by atoms with Crippen molar-refractivity contribution < 1.29 is 19.4 Å². The van der Waals surface area contributed by atoms with Crippen molar-refractivity contribution in [3.05, 3.63) is 42.1 Å². The highest BCUT2D eigenvalue weighted by molar-refractivity contribution is 5.98. The molecule has 0 spiro atoms. The van der Waals surface area contributed by atoms with E-state index in [-0.39, 0.29) is 18.2 Å². The Labute approximate surface area is 151 Å². The van der Waals surface area contributed by atoms with Crippen molar-refractivity contribution in [1.82, 2.24) is 15.5 Å². The first kappa shape index (κ1) is 18.1. The molecular formula is C19H23N3O4. The molecule has 1 aromatic carbocycles. The molecule has 7 heteroatoms. The molecule has 26 heavy (non-hydrogen) atoms. The number of hydrogen-bond acceptors (Lipinski definition) is 4. The molecule has 3 rings (SSSR count). The molecule has 2 unspecified atom stereocenters. The zero-order valence-corrected chi connectivity index (χ0v) is 15.1. The number of ether oxygens (including phenoxy) is 1. The minimum atomic E-state index is -1.37. The number of nitrogens with zero attached hydrogens (tertiary/aromatic N) is 1. The summed E-state index contributed by atoms with van der Waals surface area (Å²) in [5.74, 6) is -1.56. The Morgan fingerprint density at radius 2 is 2.04 bits per heavy atom. The average Bonchev–Trinajstić information content (AvgIpc) is 3.11. The number of carbonyl (C=O) groups excluding carboxylic acids is 1. The van der Waals surface area contributed by atoms with Crippen LogP contribution in [0, 0.1) is 5.41 Å². The smallest absolute Gasteiger partial charge is 0.330 e. The van der Waals surface area contributed by atoms with E-state index in [9.17, 15) is 14.7 Å². The van der Waals surface area contributed by atoms with Gasteiger partial charge < -0.3 is 15.2 Å². The van der Waals surface area contributed by atoms with Crippen molar-refractivity contribution in [1.29, 1.82) is 0 Å². The monoisotopic (exact) mass is 357 g/mol. The number of carboxylic acids is 1. The van der Waals surface area contributed by atoms with Gasteiger partial charge in [0.2, 0.25) is 0 Å². The van der Waals surface area contributed by atoms with E-state index in [4.69, 9.17) is 4.74 Å². The van der Waals surface area contributed by atoms with E-state index >= 15 is 0 Å². The molecule has 138 valence electrons. The first-order valence-electron chi connectivity index (χ1n) is 8.60. The summed E-state index contributed by atoms with van der Waals surface area (Å²) < 4.78 is 5.61. The SMILES string of the molecule is CCOC1CC(NC(=O)c2cc(-c3ccccc3)n[nH]2)(C(=O)O)C1(C)C. The van der Waals surface area contributed by atoms with Crippen molar-refractivity contribution in [3.63, 3.8) is 0 Å². The minimum Gasteiger partial charge on any atom is -0.479 e. The van der Waals surface area contributed by atoms with Crippen molar-refractivity contribution in [3.8, 4) is 11.3 Å². The standard InChI is InChI=1S/C19H23N3O4/c1-4-26-15-11-19(17(24)25,18(15,2)3)20-16(23)14-10-13(21-22-14)12-8-6-5-7-9-12/h5-10,15H,4,11H2,1-3H3,(H,20,23)(H,21,22)(H,24,25). The van der Waals surface area contributed by atoms with Gasteiger partial charge in [0.1, 0.15) is 11.2 Å². The van der Waals surface area contributed by atoms with Crippen LogP contribution in [-0.2, 0) is 9.53 Å². The minimum absolute atomic E-state index is 0.217. The largest absolute Gasteiger partial charge is 0.479 e. The van der Waals surface area contributed by atoms with Crippen LogP contribution in [0.3, 0.4) is 0 Å². The van der Waals surface area contributed by atoms with Gasteiger partial charge in [0.25, 0.3) is 5.91 Å². The normalized spacial score (nSPS) is 23.9. The lowest BCUT2D eigenvalue weighted by Crippen LogP contribution is -2.76. The quantitative estimate of drug-likeness (QED) is 0.737. The molecule has 1 fully saturated rings. The van der Waals surface area contributed by atoms with Crippen LogP contribution < -0.4 is 5.32 Å². The molecule has 0 bridgehead atoms. The third-order valence-electron chi connectivity index (χ3n) is 5.35. The summed E-state index contributed by atoms with van der Waals surface area (Å²) in [5, 5.41) is 19.3. The summed E-state index contributed by atoms with van der Waals surface area (Å²) in [7, 11) is 0. The Morgan fingerprint density at radius 3 is 2.62 bits per heavy atom. The van der Waals surface area contributed by atoms with Crippen LogP contribution in [0.1, 0.15) is 37.7 Å². The van der Waals surface area contributed by atoms with E-state index in [2.05, 4.69) is 15.5 Å². The van der Waals surface area contributed by atoms with Crippen LogP contribution in [-0.4, -0.2) is 45.4 Å². The molecule has 3 N–H and O–H groups in total. The van der Waals surface area contributed by atoms with Gasteiger partial charge in [0.15, 0.2) is 0 Å². The van der Waals surface area contributed by atoms with E-state index in [1.54, 1.807) is 19.9 Å². The molecule has 1 aliphatic carbocycles. The maximum atomic E-state index is 12.7. The summed E-state index contributed by atoms with van der Waals surface area (Å²) >= 11 is 0. The summed E-state index contributed by atoms with van der Waals surface area (Å²) in [5.41, 5.74) is -0.384. The lowest BCUT2D eigenvalue weighted by Gasteiger charge is -2.58. The van der Waals surface area contributed by atoms with E-state index in [0.717, 1.165) is 5.56 Å². The fourth-order valence-electron chi connectivity index (χ4n) is 3.49. The Bertz CT molecular complexity index is 815. The van der Waals surface area contributed by atoms with Crippen molar-refractivity contribution in [2.24, 2.45) is 5.41 Å². The van der Waals surface area contributed by atoms with E-state index in [0.29, 0.717) is 12.3 Å². The molecule has 1 aromatic heterocycles. The highest BCUT2D eigenvalue weighted by Crippen LogP contribution is 2.51. The number of carbonyl (C=O) groups is 2. The zero-order valence-electron chi connectivity index (χ0n) is 15.1. The maximum Gasteiger partial charge on any atom is 0.330 e. The van der Waals surface area contributed by atoms with Crippen molar-refractivity contribution in [2.75, 3.05) is 6.61 Å². The van der Waals surface area contributed by atoms with Gasteiger partial charge in [-0.15, -0.1) is 0 Å². The molecule has 2 atom stereocenters. The van der Waals surface area contributed by atoms with E-state index in [1.807, 2.05) is 37.3 Å². The second-order valence-corrected chi connectivity index (χ2v) is 7.07. The van der Waals surface area contributed by atoms with Gasteiger partial charge in [0, 0.05) is 24.0 Å². The van der Waals surface area contributed by atoms with Gasteiger partial charge in [-0.2, -0.15) is 5.10 Å². The molecule has 7 nitrogen and oxygen atoms in total. The highest BCUT2D eigenvalue weighted by atomic mass is 16.5. The Kier molecular flexibility index (Phi) is 4.58. The number of hydrogen-bond donors (Lipinski definition) is 3. The predicted molar refractivity (Wildman–Crippen MR) is 95.7 cm³/mol. The molecule has 1 amide bonds. The summed E-state index contributed by atoms with van der Waals surface area (Å²) in [4.78, 5) is 24.6. The topological polar surface area (TPSA) is 104 Å². The summed E-state index contributed by atoms with van der Waals surface area (Å²) in [6.45, 7) is 5.96.